The zero-order valence-corrected chi connectivity index (χ0v) is 24.8. The van der Waals surface area contributed by atoms with Crippen molar-refractivity contribution in [3.05, 3.63) is 87.3 Å². The van der Waals surface area contributed by atoms with Crippen LogP contribution >= 0.6 is 11.6 Å². The Bertz CT molecular complexity index is 1580. The number of aryl methyl sites for hydroxylation is 1. The van der Waals surface area contributed by atoms with Crippen molar-refractivity contribution in [3.8, 4) is 11.3 Å². The third kappa shape index (κ3) is 7.10. The summed E-state index contributed by atoms with van der Waals surface area (Å²) in [6.07, 6.45) is 9.39. The van der Waals surface area contributed by atoms with E-state index in [1.54, 1.807) is 17.9 Å². The predicted molar refractivity (Wildman–Crippen MR) is 168 cm³/mol. The molecule has 0 saturated heterocycles. The molecule has 222 valence electrons. The highest BCUT2D eigenvalue weighted by Crippen LogP contribution is 2.29. The number of aliphatic imine (C=N–C) groups is 1. The van der Waals surface area contributed by atoms with Gasteiger partial charge in [0.15, 0.2) is 5.82 Å². The number of benzene rings is 2. The number of aliphatic hydroxyl groups is 1. The Morgan fingerprint density at radius 2 is 2.05 bits per heavy atom. The summed E-state index contributed by atoms with van der Waals surface area (Å²) >= 11 is 6.26. The van der Waals surface area contributed by atoms with E-state index in [0.717, 1.165) is 54.1 Å². The molecule has 3 aromatic rings. The molecule has 0 aliphatic carbocycles. The highest BCUT2D eigenvalue weighted by molar-refractivity contribution is 6.31. The smallest absolute Gasteiger partial charge is 0.231 e. The van der Waals surface area contributed by atoms with Crippen LogP contribution in [-0.4, -0.2) is 40.9 Å². The summed E-state index contributed by atoms with van der Waals surface area (Å²) in [7, 11) is 0. The van der Waals surface area contributed by atoms with Gasteiger partial charge in [-0.15, -0.1) is 0 Å². The molecular weight excluding hydrogens is 553 g/mol. The highest BCUT2D eigenvalue weighted by atomic mass is 35.5. The van der Waals surface area contributed by atoms with Crippen LogP contribution in [-0.2, 0) is 6.42 Å². The molecule has 2 aliphatic rings. The average Bonchev–Trinajstić information content (AvgIpc) is 3.37. The minimum atomic E-state index is -1.13. The number of nitrogens with two attached hydrogens (primary N) is 2. The number of amidine groups is 1. The molecule has 7 N–H and O–H groups in total. The lowest BCUT2D eigenvalue weighted by atomic mass is 9.97. The fourth-order valence-electron chi connectivity index (χ4n) is 5.46. The molecule has 0 bridgehead atoms. The molecule has 10 heteroatoms. The summed E-state index contributed by atoms with van der Waals surface area (Å²) in [5, 5.41) is 15.4. The summed E-state index contributed by atoms with van der Waals surface area (Å²) in [6, 6.07) is 14.0. The fraction of sp³-hybridized carbons (Fsp3) is 0.375. The molecular formula is C32H39ClFN7O. The Balaban J connectivity index is 1.33. The second kappa shape index (κ2) is 13.2. The van der Waals surface area contributed by atoms with Crippen LogP contribution in [0, 0.1) is 5.82 Å². The lowest BCUT2D eigenvalue weighted by Gasteiger charge is -2.28. The zero-order valence-electron chi connectivity index (χ0n) is 24.0. The normalized spacial score (nSPS) is 21.0. The van der Waals surface area contributed by atoms with Gasteiger partial charge in [0.1, 0.15) is 5.49 Å². The Hall–Kier alpha value is -3.50. The van der Waals surface area contributed by atoms with Gasteiger partial charge in [0, 0.05) is 47.3 Å². The molecule has 3 heterocycles. The number of nitrogens with zero attached hydrogens (tertiary/aromatic N) is 3. The topological polar surface area (TPSA) is 128 Å². The number of aromatic nitrogens is 1. The first-order chi connectivity index (χ1) is 20.2. The number of aliphatic hydroxyl groups excluding tert-OH is 1. The average molecular weight is 592 g/mol. The molecule has 5 rings (SSSR count). The van der Waals surface area contributed by atoms with Gasteiger partial charge in [0.05, 0.1) is 16.6 Å². The standard InChI is InChI=1S/C32H39ClFN7O/c1-19(35)5-3-6-21-15-26(30(34)27(33)16-21)29-17-23-18-41(32(42)40-31(23)39-29)25-11-9-22(10-12-25)28-8-4-7-24(38-28)13-14-37-20(2)36/h4,7,9-12,15-19,24,28,32,38,42H,3,5-6,8,13-14,35H2,1-2H3,(H2,36,37)(H,39,40)/t19-,24-,28-,32?/m0/s1. The third-order valence-corrected chi connectivity index (χ3v) is 7.93. The van der Waals surface area contributed by atoms with Crippen LogP contribution in [0.4, 0.5) is 10.1 Å². The molecule has 4 atom stereocenters. The van der Waals surface area contributed by atoms with E-state index in [9.17, 15) is 5.11 Å². The molecule has 1 aromatic heterocycles. The minimum absolute atomic E-state index is 0.0759. The van der Waals surface area contributed by atoms with Crippen molar-refractivity contribution in [1.29, 1.82) is 0 Å². The Morgan fingerprint density at radius 3 is 2.79 bits per heavy atom. The van der Waals surface area contributed by atoms with Crippen molar-refractivity contribution < 1.29 is 9.50 Å². The van der Waals surface area contributed by atoms with Crippen LogP contribution < -0.4 is 32.4 Å². The van der Waals surface area contributed by atoms with Crippen molar-refractivity contribution in [3.63, 3.8) is 0 Å². The van der Waals surface area contributed by atoms with Crippen LogP contribution in [0.2, 0.25) is 5.02 Å². The number of anilines is 1. The summed E-state index contributed by atoms with van der Waals surface area (Å²) in [6.45, 7) is 4.46. The first-order valence-electron chi connectivity index (χ1n) is 14.5. The number of H-pyrrole nitrogens is 1. The molecule has 0 fully saturated rings. The van der Waals surface area contributed by atoms with Crippen LogP contribution in [0.25, 0.3) is 17.5 Å². The van der Waals surface area contributed by atoms with Gasteiger partial charge in [-0.1, -0.05) is 35.9 Å². The van der Waals surface area contributed by atoms with Crippen molar-refractivity contribution >= 4 is 29.3 Å². The Labute approximate surface area is 250 Å². The lowest BCUT2D eigenvalue weighted by Crippen LogP contribution is -2.41. The van der Waals surface area contributed by atoms with Gasteiger partial charge >= 0.3 is 0 Å². The summed E-state index contributed by atoms with van der Waals surface area (Å²) in [5.74, 6) is 0.109. The van der Waals surface area contributed by atoms with E-state index >= 15 is 4.39 Å². The van der Waals surface area contributed by atoms with Gasteiger partial charge in [0.25, 0.3) is 0 Å². The maximum absolute atomic E-state index is 15.1. The van der Waals surface area contributed by atoms with Gasteiger partial charge in [0.2, 0.25) is 6.35 Å². The van der Waals surface area contributed by atoms with E-state index in [1.807, 2.05) is 37.4 Å². The van der Waals surface area contributed by atoms with E-state index in [4.69, 9.17) is 23.1 Å². The molecule has 2 aromatic carbocycles. The van der Waals surface area contributed by atoms with Gasteiger partial charge in [-0.25, -0.2) is 9.38 Å². The first kappa shape index (κ1) is 30.0. The maximum atomic E-state index is 15.1. The number of rotatable bonds is 10. The second-order valence-corrected chi connectivity index (χ2v) is 11.6. The number of aromatic amines is 1. The van der Waals surface area contributed by atoms with Crippen LogP contribution in [0.3, 0.4) is 0 Å². The molecule has 0 amide bonds. The van der Waals surface area contributed by atoms with Crippen molar-refractivity contribution in [2.24, 2.45) is 21.5 Å². The van der Waals surface area contributed by atoms with Crippen LogP contribution in [0.5, 0.6) is 0 Å². The minimum Gasteiger partial charge on any atom is -0.388 e. The first-order valence-corrected chi connectivity index (χ1v) is 14.8. The quantitative estimate of drug-likeness (QED) is 0.138. The number of nitrogens with one attached hydrogen (secondary N) is 2. The highest BCUT2D eigenvalue weighted by Gasteiger charge is 2.22. The van der Waals surface area contributed by atoms with Crippen molar-refractivity contribution in [1.82, 2.24) is 10.3 Å². The zero-order chi connectivity index (χ0) is 29.8. The van der Waals surface area contributed by atoms with Gasteiger partial charge < -0.3 is 31.8 Å². The van der Waals surface area contributed by atoms with E-state index in [0.29, 0.717) is 29.1 Å². The number of halogens is 2. The number of hydrogen-bond donors (Lipinski definition) is 5. The fourth-order valence-corrected chi connectivity index (χ4v) is 5.70. The molecule has 2 aliphatic heterocycles. The van der Waals surface area contributed by atoms with Gasteiger partial charge in [-0.05, 0) is 87.4 Å². The second-order valence-electron chi connectivity index (χ2n) is 11.2. The number of hydrogen-bond acceptors (Lipinski definition) is 6. The van der Waals surface area contributed by atoms with Crippen molar-refractivity contribution in [2.45, 2.75) is 70.4 Å². The van der Waals surface area contributed by atoms with Gasteiger partial charge in [-0.2, -0.15) is 0 Å². The molecule has 0 spiro atoms. The molecule has 8 nitrogen and oxygen atoms in total. The summed E-state index contributed by atoms with van der Waals surface area (Å²) in [4.78, 5) is 13.6. The Morgan fingerprint density at radius 1 is 1.26 bits per heavy atom. The van der Waals surface area contributed by atoms with E-state index in [1.165, 1.54) is 0 Å². The number of fused-ring (bicyclic) bond motifs is 1. The van der Waals surface area contributed by atoms with E-state index in [-0.39, 0.29) is 23.1 Å². The van der Waals surface area contributed by atoms with Crippen LogP contribution in [0.15, 0.2) is 64.6 Å². The van der Waals surface area contributed by atoms with E-state index in [2.05, 4.69) is 44.6 Å². The Kier molecular flexibility index (Phi) is 9.43. The van der Waals surface area contributed by atoms with Gasteiger partial charge in [-0.3, -0.25) is 4.99 Å². The predicted octanol–water partition coefficient (Wildman–Crippen LogP) is 4.02. The maximum Gasteiger partial charge on any atom is 0.231 e. The third-order valence-electron chi connectivity index (χ3n) is 7.65. The van der Waals surface area contributed by atoms with Crippen LogP contribution in [0.1, 0.15) is 56.7 Å². The van der Waals surface area contributed by atoms with E-state index < -0.39 is 12.2 Å². The largest absolute Gasteiger partial charge is 0.388 e. The molecule has 0 radical (unpaired) electrons. The summed E-state index contributed by atoms with van der Waals surface area (Å²) in [5.41, 5.74) is 15.9. The lowest BCUT2D eigenvalue weighted by molar-refractivity contribution is 0.186. The molecule has 42 heavy (non-hydrogen) atoms. The SMILES string of the molecule is CC(N)=NCC[C@@H]1C=CC[C@@H](c2ccc(N3C=c4cc(-c5cc(CCC[C@H](C)N)cc(Cl)c5F)[nH]c4=NC3O)cc2)N1. The molecule has 1 unspecified atom stereocenters. The monoisotopic (exact) mass is 591 g/mol. The molecule has 0 saturated carbocycles. The van der Waals surface area contributed by atoms with Crippen molar-refractivity contribution in [2.75, 3.05) is 11.4 Å². The summed E-state index contributed by atoms with van der Waals surface area (Å²) < 4.78 is 15.1.